The molecule has 1 heterocycles. The average Bonchev–Trinajstić information content (AvgIpc) is 2.76. The Kier molecular flexibility index (Phi) is 3.05. The molecule has 0 aromatic rings. The Hall–Kier alpha value is -0.510. The summed E-state index contributed by atoms with van der Waals surface area (Å²) in [6.07, 6.45) is 7.14. The van der Waals surface area contributed by atoms with Gasteiger partial charge in [0.2, 0.25) is 5.91 Å². The first-order valence-corrected chi connectivity index (χ1v) is 6.72. The van der Waals surface area contributed by atoms with E-state index in [0.29, 0.717) is 6.54 Å². The third-order valence-corrected chi connectivity index (χ3v) is 4.90. The Balaban J connectivity index is 2.01. The Bertz CT molecular complexity index is 284. The van der Waals surface area contributed by atoms with Crippen LogP contribution in [0.15, 0.2) is 0 Å². The van der Waals surface area contributed by atoms with Crippen LogP contribution < -0.4 is 0 Å². The van der Waals surface area contributed by atoms with Crippen molar-refractivity contribution in [3.8, 4) is 0 Å². The van der Waals surface area contributed by atoms with Gasteiger partial charge in [-0.25, -0.2) is 0 Å². The molecule has 1 saturated heterocycles. The molecular formula is C11H17NO2S. The first-order valence-electron chi connectivity index (χ1n) is 5.50. The number of thioether (sulfide) groups is 1. The monoisotopic (exact) mass is 227 g/mol. The summed E-state index contributed by atoms with van der Waals surface area (Å²) in [4.78, 5) is 24.4. The zero-order valence-corrected chi connectivity index (χ0v) is 9.94. The SMILES string of the molecule is CSC1(CN2CC(=O)CC2=O)CCCC1. The smallest absolute Gasteiger partial charge is 0.230 e. The summed E-state index contributed by atoms with van der Waals surface area (Å²) in [5.74, 6) is 0.106. The number of hydrogen-bond donors (Lipinski definition) is 0. The number of carbonyl (C=O) groups is 2. The highest BCUT2D eigenvalue weighted by Crippen LogP contribution is 2.41. The zero-order valence-electron chi connectivity index (χ0n) is 9.12. The quantitative estimate of drug-likeness (QED) is 0.685. The maximum Gasteiger partial charge on any atom is 0.230 e. The Morgan fingerprint density at radius 1 is 1.33 bits per heavy atom. The normalized spacial score (nSPS) is 25.3. The third-order valence-electron chi connectivity index (χ3n) is 3.50. The van der Waals surface area contributed by atoms with Crippen LogP contribution in [0.1, 0.15) is 32.1 Å². The van der Waals surface area contributed by atoms with E-state index in [1.807, 2.05) is 11.8 Å². The summed E-state index contributed by atoms with van der Waals surface area (Å²) >= 11 is 1.86. The van der Waals surface area contributed by atoms with Crippen molar-refractivity contribution in [3.05, 3.63) is 0 Å². The molecule has 2 fully saturated rings. The summed E-state index contributed by atoms with van der Waals surface area (Å²) < 4.78 is 0.236. The van der Waals surface area contributed by atoms with E-state index in [9.17, 15) is 9.59 Å². The summed E-state index contributed by atoms with van der Waals surface area (Å²) in [7, 11) is 0. The van der Waals surface area contributed by atoms with E-state index >= 15 is 0 Å². The van der Waals surface area contributed by atoms with E-state index in [1.54, 1.807) is 4.90 Å². The van der Waals surface area contributed by atoms with Crippen molar-refractivity contribution in [2.24, 2.45) is 0 Å². The average molecular weight is 227 g/mol. The van der Waals surface area contributed by atoms with E-state index in [-0.39, 0.29) is 22.9 Å². The molecule has 0 radical (unpaired) electrons. The molecule has 2 aliphatic rings. The van der Waals surface area contributed by atoms with Crippen LogP contribution in [0.3, 0.4) is 0 Å². The fourth-order valence-corrected chi connectivity index (χ4v) is 3.56. The van der Waals surface area contributed by atoms with Crippen molar-refractivity contribution in [3.63, 3.8) is 0 Å². The first-order chi connectivity index (χ1) is 7.15. The van der Waals surface area contributed by atoms with E-state index in [0.717, 1.165) is 6.54 Å². The number of likely N-dealkylation sites (tertiary alicyclic amines) is 1. The topological polar surface area (TPSA) is 37.4 Å². The van der Waals surface area contributed by atoms with Crippen LogP contribution in [0, 0.1) is 0 Å². The van der Waals surface area contributed by atoms with Gasteiger partial charge in [-0.15, -0.1) is 0 Å². The van der Waals surface area contributed by atoms with Gasteiger partial charge in [0.1, 0.15) is 0 Å². The van der Waals surface area contributed by atoms with Crippen molar-refractivity contribution < 1.29 is 9.59 Å². The van der Waals surface area contributed by atoms with Gasteiger partial charge in [-0.05, 0) is 19.1 Å². The molecule has 0 bridgehead atoms. The van der Waals surface area contributed by atoms with Crippen molar-refractivity contribution in [1.29, 1.82) is 0 Å². The van der Waals surface area contributed by atoms with Gasteiger partial charge in [-0.3, -0.25) is 9.59 Å². The minimum atomic E-state index is 0.0281. The lowest BCUT2D eigenvalue weighted by atomic mass is 10.1. The molecule has 1 aliphatic heterocycles. The van der Waals surface area contributed by atoms with Crippen molar-refractivity contribution in [2.75, 3.05) is 19.3 Å². The Labute approximate surface area is 94.6 Å². The fourth-order valence-electron chi connectivity index (χ4n) is 2.58. The summed E-state index contributed by atoms with van der Waals surface area (Å²) in [5.41, 5.74) is 0. The van der Waals surface area contributed by atoms with Gasteiger partial charge in [0.05, 0.1) is 13.0 Å². The van der Waals surface area contributed by atoms with Gasteiger partial charge in [-0.1, -0.05) is 12.8 Å². The van der Waals surface area contributed by atoms with Crippen LogP contribution in [0.2, 0.25) is 0 Å². The molecule has 0 aromatic carbocycles. The molecule has 4 heteroatoms. The zero-order chi connectivity index (χ0) is 10.9. The van der Waals surface area contributed by atoms with Crippen LogP contribution in [0.4, 0.5) is 0 Å². The largest absolute Gasteiger partial charge is 0.334 e. The van der Waals surface area contributed by atoms with Crippen LogP contribution in [0.25, 0.3) is 0 Å². The number of Topliss-reactive ketones (excluding diaryl/α,β-unsaturated/α-hetero) is 1. The predicted octanol–water partition coefficient (Wildman–Crippen LogP) is 1.46. The van der Waals surface area contributed by atoms with E-state index in [2.05, 4.69) is 6.26 Å². The molecule has 2 rings (SSSR count). The molecular weight excluding hydrogens is 210 g/mol. The van der Waals surface area contributed by atoms with Crippen LogP contribution in [-0.2, 0) is 9.59 Å². The second-order valence-corrected chi connectivity index (χ2v) is 5.83. The standard InChI is InChI=1S/C11H17NO2S/c1-15-11(4-2-3-5-11)8-12-7-9(13)6-10(12)14/h2-8H2,1H3. The van der Waals surface area contributed by atoms with Crippen molar-refractivity contribution >= 4 is 23.5 Å². The molecule has 84 valence electrons. The van der Waals surface area contributed by atoms with Gasteiger partial charge in [0.25, 0.3) is 0 Å². The fraction of sp³-hybridized carbons (Fsp3) is 0.818. The maximum atomic E-state index is 11.5. The molecule has 0 spiro atoms. The number of amides is 1. The first kappa shape index (κ1) is 11.0. The Morgan fingerprint density at radius 3 is 2.47 bits per heavy atom. The lowest BCUT2D eigenvalue weighted by Crippen LogP contribution is -2.39. The van der Waals surface area contributed by atoms with Crippen molar-refractivity contribution in [1.82, 2.24) is 4.90 Å². The number of ketones is 1. The number of rotatable bonds is 3. The van der Waals surface area contributed by atoms with Gasteiger partial charge in [0, 0.05) is 11.3 Å². The van der Waals surface area contributed by atoms with Gasteiger partial charge in [-0.2, -0.15) is 11.8 Å². The maximum absolute atomic E-state index is 11.5. The van der Waals surface area contributed by atoms with Crippen LogP contribution in [-0.4, -0.2) is 40.7 Å². The lowest BCUT2D eigenvalue weighted by Gasteiger charge is -2.31. The Morgan fingerprint density at radius 2 is 2.00 bits per heavy atom. The highest BCUT2D eigenvalue weighted by atomic mass is 32.2. The second-order valence-electron chi connectivity index (χ2n) is 4.56. The van der Waals surface area contributed by atoms with Crippen LogP contribution in [0.5, 0.6) is 0 Å². The summed E-state index contributed by atoms with van der Waals surface area (Å²) in [6.45, 7) is 1.12. The van der Waals surface area contributed by atoms with Gasteiger partial charge < -0.3 is 4.90 Å². The minimum Gasteiger partial charge on any atom is -0.334 e. The van der Waals surface area contributed by atoms with Gasteiger partial charge >= 0.3 is 0 Å². The molecule has 1 aliphatic carbocycles. The lowest BCUT2D eigenvalue weighted by molar-refractivity contribution is -0.128. The molecule has 0 aromatic heterocycles. The summed E-state index contributed by atoms with van der Waals surface area (Å²) in [5, 5.41) is 0. The molecule has 0 unspecified atom stereocenters. The predicted molar refractivity (Wildman–Crippen MR) is 60.9 cm³/mol. The highest BCUT2D eigenvalue weighted by Gasteiger charge is 2.38. The third kappa shape index (κ3) is 2.19. The van der Waals surface area contributed by atoms with Crippen LogP contribution >= 0.6 is 11.8 Å². The molecule has 1 saturated carbocycles. The highest BCUT2D eigenvalue weighted by molar-refractivity contribution is 8.00. The molecule has 15 heavy (non-hydrogen) atoms. The van der Waals surface area contributed by atoms with E-state index in [4.69, 9.17) is 0 Å². The molecule has 3 nitrogen and oxygen atoms in total. The van der Waals surface area contributed by atoms with E-state index in [1.165, 1.54) is 25.7 Å². The van der Waals surface area contributed by atoms with Gasteiger partial charge in [0.15, 0.2) is 5.78 Å². The number of carbonyl (C=O) groups excluding carboxylic acids is 2. The van der Waals surface area contributed by atoms with Crippen molar-refractivity contribution in [2.45, 2.75) is 36.9 Å². The minimum absolute atomic E-state index is 0.0281. The molecule has 0 atom stereocenters. The second kappa shape index (κ2) is 4.16. The molecule has 1 amide bonds. The molecule has 0 N–H and O–H groups in total. The summed E-state index contributed by atoms with van der Waals surface area (Å²) in [6, 6.07) is 0. The van der Waals surface area contributed by atoms with E-state index < -0.39 is 0 Å². The number of nitrogens with zero attached hydrogens (tertiary/aromatic N) is 1. The number of hydrogen-bond acceptors (Lipinski definition) is 3.